The lowest BCUT2D eigenvalue weighted by atomic mass is 9.87. The van der Waals surface area contributed by atoms with Gasteiger partial charge in [0.05, 0.1) is 0 Å². The fourth-order valence-electron chi connectivity index (χ4n) is 2.69. The van der Waals surface area contributed by atoms with Gasteiger partial charge in [-0.05, 0) is 36.5 Å². The van der Waals surface area contributed by atoms with Crippen molar-refractivity contribution in [3.63, 3.8) is 0 Å². The second-order valence-electron chi connectivity index (χ2n) is 4.63. The Kier molecular flexibility index (Phi) is 3.05. The first-order chi connectivity index (χ1) is 8.15. The zero-order valence-electron chi connectivity index (χ0n) is 10.4. The summed E-state index contributed by atoms with van der Waals surface area (Å²) in [4.78, 5) is 11.6. The topological polar surface area (TPSA) is 37.3 Å². The standard InChI is InChI=1S/C15H18O2/c1-3-4-10-13-11(2)15(13,14(16)17)12-8-6-5-7-9-12/h5-9H,3-4,10H2,1-2H3,(H,16,17). The van der Waals surface area contributed by atoms with Crippen molar-refractivity contribution in [2.75, 3.05) is 0 Å². The fourth-order valence-corrected chi connectivity index (χ4v) is 2.69. The minimum atomic E-state index is -0.781. The van der Waals surface area contributed by atoms with E-state index in [9.17, 15) is 9.90 Å². The van der Waals surface area contributed by atoms with Crippen molar-refractivity contribution in [2.24, 2.45) is 0 Å². The molecule has 90 valence electrons. The molecular weight excluding hydrogens is 212 g/mol. The lowest BCUT2D eigenvalue weighted by molar-refractivity contribution is -0.139. The van der Waals surface area contributed by atoms with Crippen molar-refractivity contribution >= 4 is 5.97 Å². The molecule has 0 aliphatic heterocycles. The number of aliphatic carboxylic acids is 1. The first kappa shape index (κ1) is 11.9. The van der Waals surface area contributed by atoms with E-state index >= 15 is 0 Å². The van der Waals surface area contributed by atoms with Crippen molar-refractivity contribution in [1.29, 1.82) is 0 Å². The Morgan fingerprint density at radius 1 is 1.29 bits per heavy atom. The molecule has 2 rings (SSSR count). The predicted molar refractivity (Wildman–Crippen MR) is 68.0 cm³/mol. The monoisotopic (exact) mass is 230 g/mol. The predicted octanol–water partition coefficient (Wildman–Crippen LogP) is 3.53. The van der Waals surface area contributed by atoms with Gasteiger partial charge in [-0.1, -0.05) is 43.7 Å². The van der Waals surface area contributed by atoms with E-state index in [2.05, 4.69) is 6.92 Å². The van der Waals surface area contributed by atoms with Gasteiger partial charge < -0.3 is 5.11 Å². The molecule has 0 bridgehead atoms. The maximum Gasteiger partial charge on any atom is 0.322 e. The summed E-state index contributed by atoms with van der Waals surface area (Å²) in [6.45, 7) is 4.08. The van der Waals surface area contributed by atoms with Gasteiger partial charge in [-0.2, -0.15) is 0 Å². The van der Waals surface area contributed by atoms with Crippen LogP contribution < -0.4 is 0 Å². The highest BCUT2D eigenvalue weighted by atomic mass is 16.4. The van der Waals surface area contributed by atoms with Crippen LogP contribution in [0.3, 0.4) is 0 Å². The van der Waals surface area contributed by atoms with Crippen LogP contribution >= 0.6 is 0 Å². The third-order valence-electron chi connectivity index (χ3n) is 3.71. The highest BCUT2D eigenvalue weighted by molar-refractivity contribution is 5.97. The quantitative estimate of drug-likeness (QED) is 0.786. The zero-order valence-corrected chi connectivity index (χ0v) is 10.4. The van der Waals surface area contributed by atoms with Crippen molar-refractivity contribution in [3.8, 4) is 0 Å². The lowest BCUT2D eigenvalue weighted by Crippen LogP contribution is -2.25. The highest BCUT2D eigenvalue weighted by Gasteiger charge is 2.57. The number of hydrogen-bond donors (Lipinski definition) is 1. The largest absolute Gasteiger partial charge is 0.480 e. The number of hydrogen-bond acceptors (Lipinski definition) is 1. The number of benzene rings is 1. The number of carboxylic acid groups (broad SMARTS) is 1. The van der Waals surface area contributed by atoms with E-state index in [0.717, 1.165) is 36.0 Å². The third kappa shape index (κ3) is 1.68. The Hall–Kier alpha value is -1.57. The van der Waals surface area contributed by atoms with E-state index in [1.807, 2.05) is 37.3 Å². The average Bonchev–Trinajstić information content (AvgIpc) is 2.94. The Morgan fingerprint density at radius 2 is 1.94 bits per heavy atom. The summed E-state index contributed by atoms with van der Waals surface area (Å²) in [5, 5.41) is 9.56. The highest BCUT2D eigenvalue weighted by Crippen LogP contribution is 2.56. The van der Waals surface area contributed by atoms with Crippen LogP contribution in [0.2, 0.25) is 0 Å². The summed E-state index contributed by atoms with van der Waals surface area (Å²) in [5.74, 6) is -0.729. The number of unbranched alkanes of at least 4 members (excludes halogenated alkanes) is 1. The first-order valence-electron chi connectivity index (χ1n) is 6.15. The van der Waals surface area contributed by atoms with Crippen LogP contribution in [0.1, 0.15) is 38.7 Å². The van der Waals surface area contributed by atoms with E-state index in [4.69, 9.17) is 0 Å². The molecule has 0 saturated heterocycles. The molecule has 17 heavy (non-hydrogen) atoms. The molecule has 1 aliphatic carbocycles. The average molecular weight is 230 g/mol. The molecule has 0 saturated carbocycles. The molecular formula is C15H18O2. The Bertz CT molecular complexity index is 459. The summed E-state index contributed by atoms with van der Waals surface area (Å²) in [5.41, 5.74) is 2.26. The van der Waals surface area contributed by atoms with Crippen LogP contribution in [0.25, 0.3) is 0 Å². The molecule has 1 N–H and O–H groups in total. The zero-order chi connectivity index (χ0) is 12.5. The van der Waals surface area contributed by atoms with Crippen LogP contribution in [-0.2, 0) is 10.2 Å². The molecule has 2 nitrogen and oxygen atoms in total. The van der Waals surface area contributed by atoms with Crippen molar-refractivity contribution in [3.05, 3.63) is 47.0 Å². The molecule has 1 aromatic rings. The molecule has 2 heteroatoms. The second-order valence-corrected chi connectivity index (χ2v) is 4.63. The molecule has 0 fully saturated rings. The van der Waals surface area contributed by atoms with Gasteiger partial charge in [0.25, 0.3) is 0 Å². The van der Waals surface area contributed by atoms with Crippen LogP contribution in [0, 0.1) is 0 Å². The molecule has 1 unspecified atom stereocenters. The van der Waals surface area contributed by atoms with Crippen molar-refractivity contribution in [1.82, 2.24) is 0 Å². The number of carbonyl (C=O) groups is 1. The smallest absolute Gasteiger partial charge is 0.322 e. The summed E-state index contributed by atoms with van der Waals surface area (Å²) in [6.07, 6.45) is 3.07. The Labute approximate surface area is 102 Å². The van der Waals surface area contributed by atoms with Crippen molar-refractivity contribution in [2.45, 2.75) is 38.5 Å². The van der Waals surface area contributed by atoms with Gasteiger partial charge in [-0.15, -0.1) is 0 Å². The van der Waals surface area contributed by atoms with Gasteiger partial charge in [0, 0.05) is 0 Å². The normalized spacial score (nSPS) is 22.7. The van der Waals surface area contributed by atoms with Gasteiger partial charge in [0.2, 0.25) is 0 Å². The first-order valence-corrected chi connectivity index (χ1v) is 6.15. The van der Waals surface area contributed by atoms with Crippen LogP contribution in [0.5, 0.6) is 0 Å². The fraction of sp³-hybridized carbons (Fsp3) is 0.400. The van der Waals surface area contributed by atoms with E-state index in [1.54, 1.807) is 0 Å². The minimum Gasteiger partial charge on any atom is -0.480 e. The molecule has 0 amide bonds. The van der Waals surface area contributed by atoms with Gasteiger partial charge in [0.1, 0.15) is 5.41 Å². The maximum absolute atomic E-state index is 11.6. The maximum atomic E-state index is 11.6. The summed E-state index contributed by atoms with van der Waals surface area (Å²) < 4.78 is 0. The minimum absolute atomic E-state index is 0.729. The Morgan fingerprint density at radius 3 is 2.47 bits per heavy atom. The van der Waals surface area contributed by atoms with Crippen LogP contribution in [0.4, 0.5) is 0 Å². The van der Waals surface area contributed by atoms with Crippen LogP contribution in [-0.4, -0.2) is 11.1 Å². The van der Waals surface area contributed by atoms with Gasteiger partial charge in [0.15, 0.2) is 0 Å². The van der Waals surface area contributed by atoms with Gasteiger partial charge in [-0.3, -0.25) is 4.79 Å². The Balaban J connectivity index is 2.31. The molecule has 1 aromatic carbocycles. The second kappa shape index (κ2) is 4.36. The number of rotatable bonds is 5. The van der Waals surface area contributed by atoms with Crippen LogP contribution in [0.15, 0.2) is 41.5 Å². The van der Waals surface area contributed by atoms with E-state index in [1.165, 1.54) is 0 Å². The SMILES string of the molecule is CCCCC1=C(C)C1(C(=O)O)c1ccccc1. The lowest BCUT2D eigenvalue weighted by Gasteiger charge is -2.15. The molecule has 1 aliphatic rings. The van der Waals surface area contributed by atoms with E-state index < -0.39 is 11.4 Å². The summed E-state index contributed by atoms with van der Waals surface area (Å²) >= 11 is 0. The number of carboxylic acids is 1. The third-order valence-corrected chi connectivity index (χ3v) is 3.71. The molecule has 0 spiro atoms. The molecule has 1 atom stereocenters. The van der Waals surface area contributed by atoms with Crippen molar-refractivity contribution < 1.29 is 9.90 Å². The molecule has 0 heterocycles. The molecule has 0 aromatic heterocycles. The van der Waals surface area contributed by atoms with E-state index in [0.29, 0.717) is 0 Å². The van der Waals surface area contributed by atoms with Gasteiger partial charge in [-0.25, -0.2) is 0 Å². The summed E-state index contributed by atoms with van der Waals surface area (Å²) in [6, 6.07) is 9.56. The summed E-state index contributed by atoms with van der Waals surface area (Å²) in [7, 11) is 0. The van der Waals surface area contributed by atoms with E-state index in [-0.39, 0.29) is 0 Å². The molecule has 0 radical (unpaired) electrons. The van der Waals surface area contributed by atoms with Gasteiger partial charge >= 0.3 is 5.97 Å².